The van der Waals surface area contributed by atoms with Gasteiger partial charge in [0.1, 0.15) is 38.2 Å². The van der Waals surface area contributed by atoms with Crippen molar-refractivity contribution in [3.8, 4) is 22.9 Å². The zero-order valence-corrected chi connectivity index (χ0v) is 40.4. The summed E-state index contributed by atoms with van der Waals surface area (Å²) in [6.07, 6.45) is 1.95. The van der Waals surface area contributed by atoms with E-state index in [1.54, 1.807) is 0 Å². The van der Waals surface area contributed by atoms with Crippen LogP contribution < -0.4 is 0 Å². The van der Waals surface area contributed by atoms with Crippen molar-refractivity contribution < 1.29 is 0 Å². The highest BCUT2D eigenvalue weighted by atomic mass is 28.3. The molecule has 2 aromatic heterocycles. The topological polar surface area (TPSA) is 51.6 Å². The first kappa shape index (κ1) is 39.4. The van der Waals surface area contributed by atoms with Crippen molar-refractivity contribution in [2.24, 2.45) is 0 Å². The van der Waals surface area contributed by atoms with Crippen LogP contribution >= 0.6 is 0 Å². The SMILES string of the molecule is CC(C)[Si](C#Cc1c2nc3ccccc3nc2c(C#C[Si](C(C)C)(C(C)C)C(C)C)c2nc3c4ccc5c6c7c(ccc8c7c7c(ccc(c3nc12)c7c46)C8)C5)(C(C)C)C(C)C. The summed E-state index contributed by atoms with van der Waals surface area (Å²) in [5, 5.41) is 10.8. The maximum absolute atomic E-state index is 5.89. The third-order valence-electron chi connectivity index (χ3n) is 15.9. The summed E-state index contributed by atoms with van der Waals surface area (Å²) in [4.78, 5) is 22.8. The van der Waals surface area contributed by atoms with Crippen molar-refractivity contribution >= 4 is 103 Å². The van der Waals surface area contributed by atoms with E-state index >= 15 is 0 Å². The molecule has 0 radical (unpaired) electrons. The zero-order valence-electron chi connectivity index (χ0n) is 38.4. The Balaban J connectivity index is 1.38. The molecular weight excluding hydrogens is 785 g/mol. The molecule has 62 heavy (non-hydrogen) atoms. The molecular formula is C56H56N4Si2. The van der Waals surface area contributed by atoms with E-state index in [0.29, 0.717) is 33.2 Å². The van der Waals surface area contributed by atoms with Gasteiger partial charge in [-0.15, -0.1) is 11.1 Å². The summed E-state index contributed by atoms with van der Waals surface area (Å²) in [5.74, 6) is 7.86. The minimum Gasteiger partial charge on any atom is -0.243 e. The fourth-order valence-corrected chi connectivity index (χ4v) is 23.6. The molecule has 4 nitrogen and oxygen atoms in total. The Labute approximate surface area is 367 Å². The fourth-order valence-electron chi connectivity index (χ4n) is 13.2. The molecule has 0 atom stereocenters. The van der Waals surface area contributed by atoms with Crippen LogP contribution in [0.25, 0.3) is 87.2 Å². The quantitative estimate of drug-likeness (QED) is 0.0724. The Hall–Kier alpha value is -5.41. The lowest BCUT2D eigenvalue weighted by molar-refractivity contribution is 0.838. The number of benzene rings is 7. The van der Waals surface area contributed by atoms with Gasteiger partial charge in [-0.25, -0.2) is 19.9 Å². The summed E-state index contributed by atoms with van der Waals surface area (Å²) in [5.41, 5.74) is 25.1. The number of para-hydroxylation sites is 2. The van der Waals surface area contributed by atoms with E-state index in [1.807, 2.05) is 12.1 Å². The second kappa shape index (κ2) is 13.5. The molecule has 7 aromatic carbocycles. The number of hydrogen-bond acceptors (Lipinski definition) is 4. The van der Waals surface area contributed by atoms with Gasteiger partial charge in [-0.1, -0.05) is 143 Å². The summed E-state index contributed by atoms with van der Waals surface area (Å²) in [7, 11) is -4.37. The highest BCUT2D eigenvalue weighted by molar-refractivity contribution is 6.91. The van der Waals surface area contributed by atoms with Gasteiger partial charge < -0.3 is 0 Å². The minimum atomic E-state index is -2.18. The van der Waals surface area contributed by atoms with Crippen molar-refractivity contribution in [2.75, 3.05) is 0 Å². The van der Waals surface area contributed by atoms with Crippen molar-refractivity contribution in [3.63, 3.8) is 0 Å². The van der Waals surface area contributed by atoms with Crippen LogP contribution in [0.2, 0.25) is 33.2 Å². The molecule has 0 bridgehead atoms. The molecule has 0 spiro atoms. The van der Waals surface area contributed by atoms with Gasteiger partial charge in [0.15, 0.2) is 0 Å². The third-order valence-corrected chi connectivity index (χ3v) is 28.5. The average molecular weight is 841 g/mol. The lowest BCUT2D eigenvalue weighted by Crippen LogP contribution is -2.43. The smallest absolute Gasteiger partial charge is 0.146 e. The molecule has 2 aliphatic rings. The van der Waals surface area contributed by atoms with Gasteiger partial charge in [-0.3, -0.25) is 0 Å². The lowest BCUT2D eigenvalue weighted by atomic mass is 9.88. The van der Waals surface area contributed by atoms with Crippen molar-refractivity contribution in [1.29, 1.82) is 0 Å². The van der Waals surface area contributed by atoms with Gasteiger partial charge in [0.25, 0.3) is 0 Å². The molecule has 0 aliphatic heterocycles. The number of fused-ring (bicyclic) bond motifs is 6. The zero-order chi connectivity index (χ0) is 43.3. The van der Waals surface area contributed by atoms with E-state index in [9.17, 15) is 0 Å². The Morgan fingerprint density at radius 3 is 1.02 bits per heavy atom. The van der Waals surface area contributed by atoms with Crippen LogP contribution in [-0.4, -0.2) is 36.1 Å². The standard InChI is InChI=1S/C56H56N4Si2/c1-29(2)61(30(3)4,31(5)6)25-23-41-53-54(58-44-16-14-13-15-43(44)57-53)42(24-26-62(32(7)8,33(9)10)34(11)12)56-55(41)59-51-39-21-19-37-27-35-17-18-36-28-38-20-22-40(52(51)60-56)50-48(38)46(36)45(35)47(37)49(39)50/h13-22,29-34H,27-28H2,1-12H3. The lowest BCUT2D eigenvalue weighted by Gasteiger charge is -2.38. The first-order valence-electron chi connectivity index (χ1n) is 23.2. The van der Waals surface area contributed by atoms with E-state index in [4.69, 9.17) is 19.9 Å². The molecule has 6 heteroatoms. The maximum Gasteiger partial charge on any atom is 0.146 e. The highest BCUT2D eigenvalue weighted by Gasteiger charge is 2.43. The summed E-state index contributed by atoms with van der Waals surface area (Å²) in [6, 6.07) is 22.4. The molecule has 0 amide bonds. The molecule has 0 fully saturated rings. The third kappa shape index (κ3) is 5.03. The van der Waals surface area contributed by atoms with E-state index in [-0.39, 0.29) is 0 Å². The van der Waals surface area contributed by atoms with E-state index in [2.05, 4.69) is 155 Å². The second-order valence-corrected chi connectivity index (χ2v) is 31.8. The Kier molecular flexibility index (Phi) is 8.62. The molecule has 9 aromatic rings. The average Bonchev–Trinajstić information content (AvgIpc) is 3.81. The van der Waals surface area contributed by atoms with E-state index in [0.717, 1.165) is 68.1 Å². The van der Waals surface area contributed by atoms with Crippen LogP contribution in [0, 0.1) is 22.9 Å². The molecule has 0 saturated carbocycles. The van der Waals surface area contributed by atoms with Gasteiger partial charge in [-0.05, 0) is 102 Å². The predicted molar refractivity (Wildman–Crippen MR) is 270 cm³/mol. The normalized spacial score (nSPS) is 14.0. The number of hydrogen-bond donors (Lipinski definition) is 0. The summed E-state index contributed by atoms with van der Waals surface area (Å²) in [6.45, 7) is 28.6. The number of nitrogens with zero attached hydrogens (tertiary/aromatic N) is 4. The highest BCUT2D eigenvalue weighted by Crippen LogP contribution is 2.53. The Morgan fingerprint density at radius 2 is 0.677 bits per heavy atom. The molecule has 0 N–H and O–H groups in total. The molecule has 11 rings (SSSR count). The van der Waals surface area contributed by atoms with Crippen LogP contribution in [0.15, 0.2) is 60.7 Å². The minimum absolute atomic E-state index is 0.468. The predicted octanol–water partition coefficient (Wildman–Crippen LogP) is 14.9. The number of aromatic nitrogens is 4. The summed E-state index contributed by atoms with van der Waals surface area (Å²) >= 11 is 0. The fraction of sp³-hybridized carbons (Fsp3) is 0.357. The molecule has 308 valence electrons. The molecule has 2 aliphatic carbocycles. The molecule has 2 heterocycles. The molecule has 0 unspecified atom stereocenters. The van der Waals surface area contributed by atoms with Gasteiger partial charge in [0.05, 0.1) is 33.2 Å². The first-order chi connectivity index (χ1) is 29.7. The van der Waals surface area contributed by atoms with Crippen LogP contribution in [0.3, 0.4) is 0 Å². The van der Waals surface area contributed by atoms with Gasteiger partial charge in [-0.2, -0.15) is 0 Å². The van der Waals surface area contributed by atoms with Crippen LogP contribution in [0.1, 0.15) is 116 Å². The van der Waals surface area contributed by atoms with Crippen molar-refractivity contribution in [2.45, 2.75) is 129 Å². The maximum atomic E-state index is 5.89. The Bertz CT molecular complexity index is 3290. The van der Waals surface area contributed by atoms with Crippen molar-refractivity contribution in [1.82, 2.24) is 19.9 Å². The van der Waals surface area contributed by atoms with E-state index in [1.165, 1.54) is 65.3 Å². The van der Waals surface area contributed by atoms with Crippen molar-refractivity contribution in [3.05, 3.63) is 94.0 Å². The second-order valence-electron chi connectivity index (χ2n) is 20.6. The largest absolute Gasteiger partial charge is 0.243 e. The van der Waals surface area contributed by atoms with Gasteiger partial charge in [0, 0.05) is 21.5 Å². The Morgan fingerprint density at radius 1 is 0.371 bits per heavy atom. The summed E-state index contributed by atoms with van der Waals surface area (Å²) < 4.78 is 0. The van der Waals surface area contributed by atoms with Crippen LogP contribution in [0.4, 0.5) is 0 Å². The first-order valence-corrected chi connectivity index (χ1v) is 27.6. The monoisotopic (exact) mass is 840 g/mol. The van der Waals surface area contributed by atoms with Gasteiger partial charge in [0.2, 0.25) is 0 Å². The van der Waals surface area contributed by atoms with Crippen LogP contribution in [0.5, 0.6) is 0 Å². The van der Waals surface area contributed by atoms with E-state index < -0.39 is 16.1 Å². The number of rotatable bonds is 6. The van der Waals surface area contributed by atoms with Crippen LogP contribution in [-0.2, 0) is 12.8 Å². The van der Waals surface area contributed by atoms with Gasteiger partial charge >= 0.3 is 0 Å². The molecule has 0 saturated heterocycles.